The fraction of sp³-hybridized carbons (Fsp3) is 0.286. The number of halogens is 2. The van der Waals surface area contributed by atoms with E-state index in [-0.39, 0.29) is 35.4 Å². The van der Waals surface area contributed by atoms with Crippen molar-refractivity contribution in [2.75, 3.05) is 12.8 Å². The van der Waals surface area contributed by atoms with E-state index in [1.807, 2.05) is 0 Å². The maximum atomic E-state index is 14.2. The molecule has 1 saturated heterocycles. The first-order valence-electron chi connectivity index (χ1n) is 12.5. The maximum Gasteiger partial charge on any atom is 0.309 e. The monoisotopic (exact) mass is 600 g/mol. The van der Waals surface area contributed by atoms with Crippen molar-refractivity contribution in [2.45, 2.75) is 38.9 Å². The summed E-state index contributed by atoms with van der Waals surface area (Å²) in [5.41, 5.74) is 1.46. The van der Waals surface area contributed by atoms with Crippen molar-refractivity contribution in [3.8, 4) is 11.8 Å². The number of amides is 3. The van der Waals surface area contributed by atoms with E-state index in [2.05, 4.69) is 17.2 Å². The number of carbonyl (C=O) groups is 4. The molecule has 1 atom stereocenters. The summed E-state index contributed by atoms with van der Waals surface area (Å²) in [6.07, 6.45) is 3.43. The number of hydrogen-bond donors (Lipinski definition) is 2. The molecule has 214 valence electrons. The lowest BCUT2D eigenvalue weighted by Crippen LogP contribution is -2.46. The lowest BCUT2D eigenvalue weighted by molar-refractivity contribution is -0.138. The van der Waals surface area contributed by atoms with Gasteiger partial charge in [0.25, 0.3) is 0 Å². The first kappa shape index (κ1) is 29.8. The molecule has 1 fully saturated rings. The molecule has 0 saturated carbocycles. The Morgan fingerprint density at radius 1 is 1.17 bits per heavy atom. The molecule has 0 unspecified atom stereocenters. The quantitative estimate of drug-likeness (QED) is 0.316. The number of fused-ring (bicyclic) bond motifs is 1. The average molecular weight is 601 g/mol. The minimum atomic E-state index is -3.77. The first-order chi connectivity index (χ1) is 19.3. The topological polar surface area (TPSA) is 135 Å². The number of nitrogens with one attached hydrogen (secondary N) is 2. The van der Waals surface area contributed by atoms with E-state index in [1.165, 1.54) is 24.0 Å². The highest BCUT2D eigenvalue weighted by molar-refractivity contribution is 7.89. The SMILES string of the molecule is CC(=O)c1cn(CC(=O)N2CCC[C@H]2C(=O)NCc2cccc(Cl)c2F)c2cc(C#CC(=O)NS(C)(=O)=O)ccc12. The van der Waals surface area contributed by atoms with Gasteiger partial charge < -0.3 is 14.8 Å². The third kappa shape index (κ3) is 7.11. The largest absolute Gasteiger partial charge is 0.350 e. The normalized spacial score (nSPS) is 14.8. The van der Waals surface area contributed by atoms with Crippen molar-refractivity contribution in [1.29, 1.82) is 0 Å². The summed E-state index contributed by atoms with van der Waals surface area (Å²) in [7, 11) is -3.77. The van der Waals surface area contributed by atoms with Crippen LogP contribution in [0.5, 0.6) is 0 Å². The Balaban J connectivity index is 1.53. The van der Waals surface area contributed by atoms with Crippen LogP contribution in [0.1, 0.15) is 41.3 Å². The standard InChI is InChI=1S/C28H26ClFN4O6S/c1-17(35)21-15-33(24-13-18(8-10-20(21)24)9-11-25(36)32-41(2,39)40)16-26(37)34-12-4-7-23(34)28(38)31-14-19-5-3-6-22(29)27(19)30/h3,5-6,8,10,13,15,23H,4,7,12,14,16H2,1-2H3,(H,31,38)(H,32,36)/t23-/m0/s1. The highest BCUT2D eigenvalue weighted by atomic mass is 35.5. The summed E-state index contributed by atoms with van der Waals surface area (Å²) in [6.45, 7) is 1.49. The van der Waals surface area contributed by atoms with Gasteiger partial charge in [-0.3, -0.25) is 19.2 Å². The minimum Gasteiger partial charge on any atom is -0.350 e. The van der Waals surface area contributed by atoms with Crippen LogP contribution in [-0.4, -0.2) is 60.2 Å². The van der Waals surface area contributed by atoms with Crippen molar-refractivity contribution in [3.05, 3.63) is 70.1 Å². The van der Waals surface area contributed by atoms with Crippen LogP contribution in [0.4, 0.5) is 4.39 Å². The van der Waals surface area contributed by atoms with Gasteiger partial charge in [0, 0.05) is 47.3 Å². The van der Waals surface area contributed by atoms with E-state index < -0.39 is 33.7 Å². The van der Waals surface area contributed by atoms with Crippen molar-refractivity contribution in [3.63, 3.8) is 0 Å². The second-order valence-electron chi connectivity index (χ2n) is 9.59. The molecule has 2 N–H and O–H groups in total. The molecule has 1 aliphatic heterocycles. The number of likely N-dealkylation sites (tertiary alicyclic amines) is 1. The van der Waals surface area contributed by atoms with Crippen molar-refractivity contribution >= 4 is 56.0 Å². The third-order valence-corrected chi connectivity index (χ3v) is 7.37. The number of Topliss-reactive ketones (excluding diaryl/α,β-unsaturated/α-hetero) is 1. The smallest absolute Gasteiger partial charge is 0.309 e. The summed E-state index contributed by atoms with van der Waals surface area (Å²) >= 11 is 5.81. The van der Waals surface area contributed by atoms with Gasteiger partial charge in [0.15, 0.2) is 5.78 Å². The van der Waals surface area contributed by atoms with Gasteiger partial charge in [0.2, 0.25) is 21.8 Å². The van der Waals surface area contributed by atoms with Crippen molar-refractivity contribution in [2.24, 2.45) is 0 Å². The van der Waals surface area contributed by atoms with Crippen LogP contribution in [0.3, 0.4) is 0 Å². The Morgan fingerprint density at radius 3 is 2.63 bits per heavy atom. The number of rotatable bonds is 7. The Kier molecular flexibility index (Phi) is 8.80. The molecule has 4 rings (SSSR count). The summed E-state index contributed by atoms with van der Waals surface area (Å²) in [5, 5.41) is 3.20. The van der Waals surface area contributed by atoms with Crippen LogP contribution in [0.2, 0.25) is 5.02 Å². The van der Waals surface area contributed by atoms with Crippen LogP contribution in [0, 0.1) is 17.7 Å². The number of carbonyl (C=O) groups excluding carboxylic acids is 4. The third-order valence-electron chi connectivity index (χ3n) is 6.53. The van der Waals surface area contributed by atoms with E-state index in [0.717, 1.165) is 6.26 Å². The zero-order valence-corrected chi connectivity index (χ0v) is 23.7. The fourth-order valence-corrected chi connectivity index (χ4v) is 5.25. The Hall–Kier alpha value is -4.21. The summed E-state index contributed by atoms with van der Waals surface area (Å²) < 4.78 is 40.0. The maximum absolute atomic E-state index is 14.2. The second-order valence-corrected chi connectivity index (χ2v) is 11.7. The van der Waals surface area contributed by atoms with Gasteiger partial charge in [-0.1, -0.05) is 35.7 Å². The highest BCUT2D eigenvalue weighted by Gasteiger charge is 2.34. The molecule has 13 heteroatoms. The Morgan fingerprint density at radius 2 is 1.93 bits per heavy atom. The van der Waals surface area contributed by atoms with Crippen LogP contribution >= 0.6 is 11.6 Å². The molecule has 2 aromatic carbocycles. The first-order valence-corrected chi connectivity index (χ1v) is 14.8. The molecule has 0 spiro atoms. The average Bonchev–Trinajstić information content (AvgIpc) is 3.53. The molecule has 1 aliphatic rings. The van der Waals surface area contributed by atoms with E-state index in [4.69, 9.17) is 11.6 Å². The summed E-state index contributed by atoms with van der Waals surface area (Å²) in [6, 6.07) is 8.55. The van der Waals surface area contributed by atoms with Crippen LogP contribution in [-0.2, 0) is 37.5 Å². The molecule has 3 aromatic rings. The highest BCUT2D eigenvalue weighted by Crippen LogP contribution is 2.25. The number of ketones is 1. The van der Waals surface area contributed by atoms with E-state index in [0.29, 0.717) is 41.4 Å². The molecule has 0 aliphatic carbocycles. The predicted molar refractivity (Wildman–Crippen MR) is 150 cm³/mol. The number of benzene rings is 2. The second kappa shape index (κ2) is 12.1. The van der Waals surface area contributed by atoms with Crippen molar-refractivity contribution in [1.82, 2.24) is 19.5 Å². The number of sulfonamides is 1. The number of hydrogen-bond acceptors (Lipinski definition) is 6. The molecule has 41 heavy (non-hydrogen) atoms. The van der Waals surface area contributed by atoms with E-state index >= 15 is 0 Å². The molecule has 3 amide bonds. The zero-order chi connectivity index (χ0) is 29.9. The molecule has 2 heterocycles. The molecule has 0 radical (unpaired) electrons. The molecular weight excluding hydrogens is 575 g/mol. The molecular formula is C28H26ClFN4O6S. The van der Waals surface area contributed by atoms with Gasteiger partial charge in [0.05, 0.1) is 16.8 Å². The summed E-state index contributed by atoms with van der Waals surface area (Å²) in [4.78, 5) is 51.9. The lowest BCUT2D eigenvalue weighted by Gasteiger charge is -2.24. The Bertz CT molecular complexity index is 1740. The molecule has 1 aromatic heterocycles. The van der Waals surface area contributed by atoms with Crippen LogP contribution in [0.25, 0.3) is 10.9 Å². The number of nitrogens with zero attached hydrogens (tertiary/aromatic N) is 2. The van der Waals surface area contributed by atoms with Gasteiger partial charge in [-0.05, 0) is 38.0 Å². The van der Waals surface area contributed by atoms with Gasteiger partial charge >= 0.3 is 5.91 Å². The molecule has 10 nitrogen and oxygen atoms in total. The van der Waals surface area contributed by atoms with Gasteiger partial charge in [-0.15, -0.1) is 0 Å². The number of aromatic nitrogens is 1. The minimum absolute atomic E-state index is 0.0513. The summed E-state index contributed by atoms with van der Waals surface area (Å²) in [5.74, 6) is 2.17. The van der Waals surface area contributed by atoms with Crippen molar-refractivity contribution < 1.29 is 32.0 Å². The zero-order valence-electron chi connectivity index (χ0n) is 22.2. The van der Waals surface area contributed by atoms with E-state index in [9.17, 15) is 32.0 Å². The molecule has 0 bridgehead atoms. The fourth-order valence-electron chi connectivity index (χ4n) is 4.66. The Labute approximate surface area is 240 Å². The van der Waals surface area contributed by atoms with Gasteiger partial charge in [-0.25, -0.2) is 17.5 Å². The lowest BCUT2D eigenvalue weighted by atomic mass is 10.1. The van der Waals surface area contributed by atoms with Gasteiger partial charge in [-0.2, -0.15) is 0 Å². The predicted octanol–water partition coefficient (Wildman–Crippen LogP) is 2.37. The van der Waals surface area contributed by atoms with Gasteiger partial charge in [0.1, 0.15) is 18.4 Å². The van der Waals surface area contributed by atoms with Crippen LogP contribution in [0.15, 0.2) is 42.6 Å². The van der Waals surface area contributed by atoms with E-state index in [1.54, 1.807) is 39.8 Å². The van der Waals surface area contributed by atoms with Crippen LogP contribution < -0.4 is 10.0 Å².